The summed E-state index contributed by atoms with van der Waals surface area (Å²) in [5.41, 5.74) is 1.95. The van der Waals surface area contributed by atoms with Crippen LogP contribution in [0.2, 0.25) is 0 Å². The van der Waals surface area contributed by atoms with E-state index in [1.54, 1.807) is 12.3 Å². The highest BCUT2D eigenvalue weighted by molar-refractivity contribution is 7.09. The number of rotatable bonds is 6. The van der Waals surface area contributed by atoms with Gasteiger partial charge in [-0.25, -0.2) is 9.78 Å². The first-order valence-electron chi connectivity index (χ1n) is 6.65. The molecule has 0 unspecified atom stereocenters. The van der Waals surface area contributed by atoms with Crippen LogP contribution in [-0.2, 0) is 4.79 Å². The molecule has 0 saturated carbocycles. The molecule has 0 bridgehead atoms. The van der Waals surface area contributed by atoms with E-state index < -0.39 is 17.9 Å². The smallest absolute Gasteiger partial charge is 0.326 e. The van der Waals surface area contributed by atoms with Crippen LogP contribution in [0.3, 0.4) is 0 Å². The quantitative estimate of drug-likeness (QED) is 0.764. The van der Waals surface area contributed by atoms with Gasteiger partial charge in [0.2, 0.25) is 0 Å². The molecule has 2 heterocycles. The Bertz CT molecular complexity index is 647. The number of aromatic nitrogens is 2. The van der Waals surface area contributed by atoms with Crippen molar-refractivity contribution in [3.63, 3.8) is 0 Å². The van der Waals surface area contributed by atoms with Crippen molar-refractivity contribution in [2.24, 2.45) is 0 Å². The molecule has 0 aliphatic carbocycles. The maximum atomic E-state index is 12.1. The third kappa shape index (κ3) is 3.69. The Labute approximate surface area is 126 Å². The van der Waals surface area contributed by atoms with Crippen LogP contribution in [0, 0.1) is 6.92 Å². The molecule has 3 N–H and O–H groups in total. The van der Waals surface area contributed by atoms with Crippen molar-refractivity contribution < 1.29 is 14.7 Å². The van der Waals surface area contributed by atoms with Crippen LogP contribution in [0.25, 0.3) is 11.3 Å². The second-order valence-corrected chi connectivity index (χ2v) is 5.77. The molecule has 0 aliphatic rings. The highest BCUT2D eigenvalue weighted by Gasteiger charge is 2.20. The Morgan fingerprint density at radius 3 is 2.86 bits per heavy atom. The summed E-state index contributed by atoms with van der Waals surface area (Å²) in [6.07, 6.45) is 2.78. The molecule has 112 valence electrons. The lowest BCUT2D eigenvalue weighted by atomic mass is 10.1. The number of H-pyrrole nitrogens is 1. The molecule has 0 saturated heterocycles. The molecule has 7 heteroatoms. The minimum absolute atomic E-state index is 0.331. The summed E-state index contributed by atoms with van der Waals surface area (Å²) in [6, 6.07) is 0.810. The Hall–Kier alpha value is -2.15. The lowest BCUT2D eigenvalue weighted by Crippen LogP contribution is -2.40. The fourth-order valence-corrected chi connectivity index (χ4v) is 2.57. The number of amides is 1. The zero-order valence-corrected chi connectivity index (χ0v) is 12.7. The topological polar surface area (TPSA) is 95.1 Å². The second kappa shape index (κ2) is 6.53. The summed E-state index contributed by atoms with van der Waals surface area (Å²) in [5.74, 6) is -1.44. The van der Waals surface area contributed by atoms with Crippen molar-refractivity contribution in [2.45, 2.75) is 32.7 Å². The fraction of sp³-hybridized carbons (Fsp3) is 0.357. The highest BCUT2D eigenvalue weighted by atomic mass is 32.1. The van der Waals surface area contributed by atoms with Crippen LogP contribution in [0.15, 0.2) is 17.6 Å². The minimum atomic E-state index is -1.02. The number of nitrogens with one attached hydrogen (secondary N) is 2. The third-order valence-corrected chi connectivity index (χ3v) is 3.80. The van der Waals surface area contributed by atoms with Gasteiger partial charge in [0.25, 0.3) is 5.91 Å². The number of nitrogens with zero attached hydrogens (tertiary/aromatic N) is 1. The van der Waals surface area contributed by atoms with E-state index >= 15 is 0 Å². The summed E-state index contributed by atoms with van der Waals surface area (Å²) in [4.78, 5) is 30.3. The van der Waals surface area contributed by atoms with Crippen LogP contribution in [-0.4, -0.2) is 33.0 Å². The van der Waals surface area contributed by atoms with E-state index in [2.05, 4.69) is 15.3 Å². The van der Waals surface area contributed by atoms with Gasteiger partial charge in [0.15, 0.2) is 0 Å². The summed E-state index contributed by atoms with van der Waals surface area (Å²) in [6.45, 7) is 3.79. The molecular weight excluding hydrogens is 290 g/mol. The number of aryl methyl sites for hydroxylation is 1. The van der Waals surface area contributed by atoms with Crippen molar-refractivity contribution in [3.05, 3.63) is 28.3 Å². The molecule has 6 nitrogen and oxygen atoms in total. The van der Waals surface area contributed by atoms with Gasteiger partial charge in [0.1, 0.15) is 11.7 Å². The number of carboxylic acid groups (broad SMARTS) is 1. The van der Waals surface area contributed by atoms with Gasteiger partial charge >= 0.3 is 5.97 Å². The van der Waals surface area contributed by atoms with Gasteiger partial charge < -0.3 is 15.4 Å². The van der Waals surface area contributed by atoms with Crippen molar-refractivity contribution in [2.75, 3.05) is 0 Å². The van der Waals surface area contributed by atoms with Gasteiger partial charge in [0, 0.05) is 17.1 Å². The van der Waals surface area contributed by atoms with Crippen LogP contribution < -0.4 is 5.32 Å². The first-order valence-corrected chi connectivity index (χ1v) is 7.53. The van der Waals surface area contributed by atoms with Crippen molar-refractivity contribution in [1.82, 2.24) is 15.3 Å². The van der Waals surface area contributed by atoms with Gasteiger partial charge in [-0.3, -0.25) is 4.79 Å². The first kappa shape index (κ1) is 15.2. The second-order valence-electron chi connectivity index (χ2n) is 4.71. The van der Waals surface area contributed by atoms with E-state index in [0.29, 0.717) is 18.5 Å². The van der Waals surface area contributed by atoms with Crippen LogP contribution >= 0.6 is 11.3 Å². The zero-order valence-electron chi connectivity index (χ0n) is 11.8. The predicted octanol–water partition coefficient (Wildman–Crippen LogP) is 2.43. The molecule has 0 aromatic carbocycles. The average Bonchev–Trinajstić information content (AvgIpc) is 3.06. The van der Waals surface area contributed by atoms with E-state index in [9.17, 15) is 9.59 Å². The minimum Gasteiger partial charge on any atom is -0.480 e. The molecule has 0 radical (unpaired) electrons. The van der Waals surface area contributed by atoms with E-state index in [1.807, 2.05) is 19.2 Å². The van der Waals surface area contributed by atoms with E-state index in [-0.39, 0.29) is 0 Å². The molecule has 2 rings (SSSR count). The standard InChI is InChI=1S/C14H17N3O3S/c1-3-4-10(14(19)20)17-13(18)11-5-9(6-15-11)12-7-21-8(2)16-12/h5-7,10,15H,3-4H2,1-2H3,(H,17,18)(H,19,20)/t10-/m1/s1. The lowest BCUT2D eigenvalue weighted by molar-refractivity contribution is -0.139. The normalized spacial score (nSPS) is 12.1. The van der Waals surface area contributed by atoms with E-state index in [1.165, 1.54) is 11.3 Å². The summed E-state index contributed by atoms with van der Waals surface area (Å²) in [7, 11) is 0. The Morgan fingerprint density at radius 2 is 2.29 bits per heavy atom. The van der Waals surface area contributed by atoms with E-state index in [4.69, 9.17) is 5.11 Å². The summed E-state index contributed by atoms with van der Waals surface area (Å²) >= 11 is 1.53. The number of carbonyl (C=O) groups excluding carboxylic acids is 1. The number of hydrogen-bond acceptors (Lipinski definition) is 4. The van der Waals surface area contributed by atoms with Gasteiger partial charge in [-0.2, -0.15) is 0 Å². The van der Waals surface area contributed by atoms with Crippen LogP contribution in [0.4, 0.5) is 0 Å². The SMILES string of the molecule is CCC[C@@H](NC(=O)c1cc(-c2csc(C)n2)c[nH]1)C(=O)O. The number of thiazole rings is 1. The monoisotopic (exact) mass is 307 g/mol. The molecular formula is C14H17N3O3S. The predicted molar refractivity (Wildman–Crippen MR) is 80.4 cm³/mol. The van der Waals surface area contributed by atoms with Gasteiger partial charge in [-0.15, -0.1) is 11.3 Å². The number of hydrogen-bond donors (Lipinski definition) is 3. The van der Waals surface area contributed by atoms with Crippen LogP contribution in [0.5, 0.6) is 0 Å². The Balaban J connectivity index is 2.10. The van der Waals surface area contributed by atoms with Crippen molar-refractivity contribution >= 4 is 23.2 Å². The largest absolute Gasteiger partial charge is 0.480 e. The first-order chi connectivity index (χ1) is 10.0. The molecule has 0 fully saturated rings. The molecule has 1 atom stereocenters. The summed E-state index contributed by atoms with van der Waals surface area (Å²) in [5, 5.41) is 14.4. The van der Waals surface area contributed by atoms with Crippen molar-refractivity contribution in [1.29, 1.82) is 0 Å². The summed E-state index contributed by atoms with van der Waals surface area (Å²) < 4.78 is 0. The maximum absolute atomic E-state index is 12.1. The van der Waals surface area contributed by atoms with E-state index in [0.717, 1.165) is 16.3 Å². The van der Waals surface area contributed by atoms with Crippen molar-refractivity contribution in [3.8, 4) is 11.3 Å². The highest BCUT2D eigenvalue weighted by Crippen LogP contribution is 2.22. The number of aromatic amines is 1. The fourth-order valence-electron chi connectivity index (χ4n) is 1.95. The molecule has 1 amide bonds. The van der Waals surface area contributed by atoms with Gasteiger partial charge in [-0.05, 0) is 19.4 Å². The van der Waals surface area contributed by atoms with Crippen LogP contribution in [0.1, 0.15) is 35.3 Å². The molecule has 0 aliphatic heterocycles. The van der Waals surface area contributed by atoms with Gasteiger partial charge in [0.05, 0.1) is 10.7 Å². The molecule has 2 aromatic heterocycles. The molecule has 21 heavy (non-hydrogen) atoms. The number of carboxylic acids is 1. The molecule has 2 aromatic rings. The van der Waals surface area contributed by atoms with Gasteiger partial charge in [-0.1, -0.05) is 13.3 Å². The average molecular weight is 307 g/mol. The third-order valence-electron chi connectivity index (χ3n) is 3.02. The maximum Gasteiger partial charge on any atom is 0.326 e. The number of carbonyl (C=O) groups is 2. The Kier molecular flexibility index (Phi) is 4.74. The number of aliphatic carboxylic acids is 1. The zero-order chi connectivity index (χ0) is 15.4. The lowest BCUT2D eigenvalue weighted by Gasteiger charge is -2.12. The Morgan fingerprint density at radius 1 is 1.52 bits per heavy atom. The molecule has 0 spiro atoms.